The molecular weight excluding hydrogens is 488 g/mol. The highest BCUT2D eigenvalue weighted by Gasteiger charge is 2.64. The fraction of sp³-hybridized carbons (Fsp3) is 0.794. The smallest absolute Gasteiger partial charge is 0.309 e. The maximum Gasteiger partial charge on any atom is 0.309 e. The minimum Gasteiger partial charge on any atom is -0.461 e. The highest BCUT2D eigenvalue weighted by atomic mass is 16.6. The molecule has 4 unspecified atom stereocenters. The Morgan fingerprint density at radius 3 is 2.36 bits per heavy atom. The Morgan fingerprint density at radius 2 is 1.72 bits per heavy atom. The van der Waals surface area contributed by atoms with Gasteiger partial charge in [0.1, 0.15) is 12.2 Å². The van der Waals surface area contributed by atoms with Gasteiger partial charge in [-0.1, -0.05) is 91.9 Å². The predicted molar refractivity (Wildman–Crippen MR) is 156 cm³/mol. The Labute approximate surface area is 237 Å². The van der Waals surface area contributed by atoms with Crippen molar-refractivity contribution in [3.8, 4) is 0 Å². The first-order chi connectivity index (χ1) is 18.2. The molecule has 6 atom stereocenters. The fourth-order valence-corrected chi connectivity index (χ4v) is 7.31. The quantitative estimate of drug-likeness (QED) is 0.150. The van der Waals surface area contributed by atoms with Crippen molar-refractivity contribution in [3.05, 3.63) is 23.3 Å². The summed E-state index contributed by atoms with van der Waals surface area (Å²) in [5.74, 6) is -0.377. The van der Waals surface area contributed by atoms with E-state index in [1.54, 1.807) is 0 Å². The van der Waals surface area contributed by atoms with Gasteiger partial charge >= 0.3 is 11.9 Å². The molecule has 2 bridgehead atoms. The van der Waals surface area contributed by atoms with Crippen LogP contribution in [0.25, 0.3) is 0 Å². The van der Waals surface area contributed by atoms with Crippen LogP contribution in [-0.4, -0.2) is 29.9 Å². The first-order valence-corrected chi connectivity index (χ1v) is 15.5. The predicted octanol–water partition coefficient (Wildman–Crippen LogP) is 8.02. The number of ketones is 1. The standard InChI is InChI=1S/C34H54O5/c1-10-11-12-13-14-15-29(35)39-33(9)20-24(5)34-19-23(4)16-27(34)17-26(18-28(30(34)36)32(33,7)8)21-38-31(37)25(6)22(2)3/h18-19,22,24-25,27-28H,10-17,20-21H2,1-9H3/t24-,25?,27?,28?,33-,34?/m1/s1. The van der Waals surface area contributed by atoms with Gasteiger partial charge in [0, 0.05) is 17.8 Å². The van der Waals surface area contributed by atoms with Crippen LogP contribution in [0.1, 0.15) is 120 Å². The van der Waals surface area contributed by atoms with E-state index in [0.29, 0.717) is 12.8 Å². The van der Waals surface area contributed by atoms with Crippen LogP contribution < -0.4 is 0 Å². The Balaban J connectivity index is 1.94. The molecular formula is C34H54O5. The molecule has 1 fully saturated rings. The molecule has 5 nitrogen and oxygen atoms in total. The number of carbonyl (C=O) groups excluding carboxylic acids is 3. The number of hydrogen-bond acceptors (Lipinski definition) is 5. The molecule has 3 aliphatic carbocycles. The van der Waals surface area contributed by atoms with E-state index in [1.807, 2.05) is 27.7 Å². The molecule has 0 aromatic rings. The number of ether oxygens (including phenoxy) is 2. The summed E-state index contributed by atoms with van der Waals surface area (Å²) < 4.78 is 12.2. The second-order valence-electron chi connectivity index (χ2n) is 14.0. The highest BCUT2D eigenvalue weighted by molar-refractivity contribution is 5.93. The minimum absolute atomic E-state index is 0.0235. The number of hydrogen-bond donors (Lipinski definition) is 0. The van der Waals surface area contributed by atoms with Crippen molar-refractivity contribution in [1.29, 1.82) is 0 Å². The van der Waals surface area contributed by atoms with E-state index in [2.05, 4.69) is 46.8 Å². The van der Waals surface area contributed by atoms with Gasteiger partial charge in [-0.15, -0.1) is 0 Å². The largest absolute Gasteiger partial charge is 0.461 e. The highest BCUT2D eigenvalue weighted by Crippen LogP contribution is 2.62. The van der Waals surface area contributed by atoms with Gasteiger partial charge in [0.25, 0.3) is 0 Å². The molecule has 0 aromatic carbocycles. The van der Waals surface area contributed by atoms with E-state index in [0.717, 1.165) is 37.7 Å². The van der Waals surface area contributed by atoms with Crippen LogP contribution in [0, 0.1) is 40.4 Å². The summed E-state index contributed by atoms with van der Waals surface area (Å²) in [6.45, 7) is 18.9. The summed E-state index contributed by atoms with van der Waals surface area (Å²) in [6, 6.07) is 0. The summed E-state index contributed by atoms with van der Waals surface area (Å²) in [5.41, 5.74) is 0.243. The monoisotopic (exact) mass is 542 g/mol. The van der Waals surface area contributed by atoms with Crippen molar-refractivity contribution in [2.24, 2.45) is 40.4 Å². The van der Waals surface area contributed by atoms with Crippen molar-refractivity contribution in [2.75, 3.05) is 6.61 Å². The van der Waals surface area contributed by atoms with Crippen molar-refractivity contribution < 1.29 is 23.9 Å². The Bertz CT molecular complexity index is 988. The molecule has 5 heteroatoms. The van der Waals surface area contributed by atoms with Crippen molar-refractivity contribution in [1.82, 2.24) is 0 Å². The van der Waals surface area contributed by atoms with Crippen LogP contribution in [0.5, 0.6) is 0 Å². The number of unbranched alkanes of at least 4 members (excludes halogenated alkanes) is 4. The van der Waals surface area contributed by atoms with Gasteiger partial charge < -0.3 is 9.47 Å². The molecule has 39 heavy (non-hydrogen) atoms. The van der Waals surface area contributed by atoms with Gasteiger partial charge in [0.05, 0.1) is 11.3 Å². The van der Waals surface area contributed by atoms with Crippen molar-refractivity contribution in [2.45, 2.75) is 126 Å². The summed E-state index contributed by atoms with van der Waals surface area (Å²) in [4.78, 5) is 40.5. The SMILES string of the molecule is CCCCCCCC(=O)O[C@]1(C)C[C@@H](C)C23C=C(C)CC2CC(COC(=O)C(C)C(C)C)=CC(C3=O)C1(C)C. The summed E-state index contributed by atoms with van der Waals surface area (Å²) in [7, 11) is 0. The Kier molecular flexibility index (Phi) is 9.98. The number of allylic oxidation sites excluding steroid dienone is 3. The Morgan fingerprint density at radius 1 is 1.05 bits per heavy atom. The topological polar surface area (TPSA) is 69.7 Å². The van der Waals surface area contributed by atoms with Gasteiger partial charge in [-0.2, -0.15) is 0 Å². The number of esters is 2. The average molecular weight is 543 g/mol. The molecule has 0 radical (unpaired) electrons. The van der Waals surface area contributed by atoms with Gasteiger partial charge in [-0.25, -0.2) is 0 Å². The normalized spacial score (nSPS) is 32.5. The summed E-state index contributed by atoms with van der Waals surface area (Å²) in [5, 5.41) is 0. The zero-order valence-corrected chi connectivity index (χ0v) is 26.2. The molecule has 0 aliphatic heterocycles. The second kappa shape index (κ2) is 12.3. The Hall–Kier alpha value is -1.91. The van der Waals surface area contributed by atoms with Crippen LogP contribution in [0.15, 0.2) is 23.3 Å². The average Bonchev–Trinajstić information content (AvgIpc) is 3.12. The molecule has 1 spiro atoms. The van der Waals surface area contributed by atoms with E-state index in [4.69, 9.17) is 9.47 Å². The molecule has 1 saturated carbocycles. The lowest BCUT2D eigenvalue weighted by Gasteiger charge is -2.46. The van der Waals surface area contributed by atoms with Gasteiger partial charge in [0.2, 0.25) is 0 Å². The fourth-order valence-electron chi connectivity index (χ4n) is 7.31. The third kappa shape index (κ3) is 6.22. The number of Topliss-reactive ketones (excluding diaryl/α,β-unsaturated/α-hetero) is 1. The second-order valence-corrected chi connectivity index (χ2v) is 14.0. The summed E-state index contributed by atoms with van der Waals surface area (Å²) in [6.07, 6.45) is 12.4. The van der Waals surface area contributed by atoms with Crippen LogP contribution in [-0.2, 0) is 23.9 Å². The maximum absolute atomic E-state index is 14.6. The van der Waals surface area contributed by atoms with Crippen LogP contribution in [0.2, 0.25) is 0 Å². The van der Waals surface area contributed by atoms with Crippen molar-refractivity contribution >= 4 is 17.7 Å². The van der Waals surface area contributed by atoms with E-state index >= 15 is 0 Å². The van der Waals surface area contributed by atoms with E-state index in [9.17, 15) is 14.4 Å². The van der Waals surface area contributed by atoms with E-state index < -0.39 is 22.3 Å². The van der Waals surface area contributed by atoms with Crippen LogP contribution in [0.3, 0.4) is 0 Å². The van der Waals surface area contributed by atoms with E-state index in [-0.39, 0.29) is 48.0 Å². The van der Waals surface area contributed by atoms with Crippen molar-refractivity contribution in [3.63, 3.8) is 0 Å². The molecule has 0 amide bonds. The number of rotatable bonds is 11. The molecule has 0 aromatic heterocycles. The van der Waals surface area contributed by atoms with Gasteiger partial charge in [0.15, 0.2) is 5.78 Å². The molecule has 3 aliphatic rings. The first-order valence-electron chi connectivity index (χ1n) is 15.5. The molecule has 0 N–H and O–H groups in total. The maximum atomic E-state index is 14.6. The first kappa shape index (κ1) is 31.6. The zero-order chi connectivity index (χ0) is 29.2. The third-order valence-corrected chi connectivity index (χ3v) is 10.6. The van der Waals surface area contributed by atoms with Crippen LogP contribution >= 0.6 is 0 Å². The number of carbonyl (C=O) groups is 3. The van der Waals surface area contributed by atoms with Crippen LogP contribution in [0.4, 0.5) is 0 Å². The molecule has 0 saturated heterocycles. The molecule has 0 heterocycles. The number of fused-ring (bicyclic) bond motifs is 1. The van der Waals surface area contributed by atoms with Gasteiger partial charge in [-0.3, -0.25) is 14.4 Å². The van der Waals surface area contributed by atoms with E-state index in [1.165, 1.54) is 18.4 Å². The lowest BCUT2D eigenvalue weighted by Crippen LogP contribution is -2.50. The molecule has 3 rings (SSSR count). The van der Waals surface area contributed by atoms with Gasteiger partial charge in [-0.05, 0) is 62.9 Å². The zero-order valence-electron chi connectivity index (χ0n) is 26.2. The lowest BCUT2D eigenvalue weighted by atomic mass is 9.63. The third-order valence-electron chi connectivity index (χ3n) is 10.6. The molecule has 220 valence electrons. The lowest BCUT2D eigenvalue weighted by molar-refractivity contribution is -0.178. The minimum atomic E-state index is -0.798. The summed E-state index contributed by atoms with van der Waals surface area (Å²) >= 11 is 0.